The Morgan fingerprint density at radius 3 is 2.37 bits per heavy atom. The number of hydrogen-bond acceptors (Lipinski definition) is 3. The highest BCUT2D eigenvalue weighted by Crippen LogP contribution is 2.30. The molecule has 1 aliphatic rings. The number of imide groups is 2. The highest BCUT2D eigenvalue weighted by molar-refractivity contribution is 6.40. The summed E-state index contributed by atoms with van der Waals surface area (Å²) in [6.45, 7) is 0. The summed E-state index contributed by atoms with van der Waals surface area (Å²) in [5, 5.41) is 4.87. The number of nitrogens with zero attached hydrogens (tertiary/aromatic N) is 2. The van der Waals surface area contributed by atoms with Gasteiger partial charge in [-0.3, -0.25) is 14.9 Å². The molecule has 0 radical (unpaired) electrons. The van der Waals surface area contributed by atoms with Gasteiger partial charge in [-0.2, -0.15) is 0 Å². The number of urea groups is 1. The van der Waals surface area contributed by atoms with Gasteiger partial charge in [0.15, 0.2) is 0 Å². The molecule has 1 saturated heterocycles. The second kappa shape index (κ2) is 6.70. The number of aryl methyl sites for hydroxylation is 1. The summed E-state index contributed by atoms with van der Waals surface area (Å²) in [6.07, 6.45) is 3.40. The standard InChI is InChI=1S/C24H17N3O3/c1-26-14-16(18-10-4-5-11-20(18)26)13-19-22(28)25-24(30)27(23(19)29)21-12-6-8-15-7-2-3-9-17(15)21/h2-14H,1H3,(H,25,28,30)/b19-13-. The lowest BCUT2D eigenvalue weighted by Crippen LogP contribution is -2.54. The van der Waals surface area contributed by atoms with Crippen LogP contribution in [0, 0.1) is 0 Å². The lowest BCUT2D eigenvalue weighted by Gasteiger charge is -2.27. The Labute approximate surface area is 172 Å². The molecule has 4 amide bonds. The molecule has 1 aromatic heterocycles. The van der Waals surface area contributed by atoms with Crippen molar-refractivity contribution in [1.29, 1.82) is 0 Å². The van der Waals surface area contributed by atoms with Gasteiger partial charge in [-0.25, -0.2) is 9.69 Å². The number of nitrogens with one attached hydrogen (secondary N) is 1. The fourth-order valence-electron chi connectivity index (χ4n) is 3.92. The molecule has 0 atom stereocenters. The van der Waals surface area contributed by atoms with Crippen LogP contribution in [0.1, 0.15) is 5.56 Å². The van der Waals surface area contributed by atoms with E-state index in [0.29, 0.717) is 5.69 Å². The second-order valence-electron chi connectivity index (χ2n) is 7.17. The van der Waals surface area contributed by atoms with E-state index in [4.69, 9.17) is 0 Å². The zero-order chi connectivity index (χ0) is 20.8. The van der Waals surface area contributed by atoms with Gasteiger partial charge in [0, 0.05) is 35.1 Å². The van der Waals surface area contributed by atoms with E-state index in [2.05, 4.69) is 5.32 Å². The topological polar surface area (TPSA) is 71.4 Å². The van der Waals surface area contributed by atoms with Crippen LogP contribution in [0.15, 0.2) is 78.5 Å². The van der Waals surface area contributed by atoms with Crippen LogP contribution < -0.4 is 10.2 Å². The Hall–Kier alpha value is -4.19. The monoisotopic (exact) mass is 395 g/mol. The maximum Gasteiger partial charge on any atom is 0.335 e. The molecule has 0 bridgehead atoms. The van der Waals surface area contributed by atoms with Crippen molar-refractivity contribution in [2.45, 2.75) is 0 Å². The second-order valence-corrected chi connectivity index (χ2v) is 7.17. The van der Waals surface area contributed by atoms with Gasteiger partial charge in [0.1, 0.15) is 5.57 Å². The Morgan fingerprint density at radius 1 is 0.833 bits per heavy atom. The number of anilines is 1. The number of barbiturate groups is 1. The van der Waals surface area contributed by atoms with Crippen LogP contribution in [-0.2, 0) is 16.6 Å². The summed E-state index contributed by atoms with van der Waals surface area (Å²) in [4.78, 5) is 39.5. The van der Waals surface area contributed by atoms with Crippen LogP contribution in [0.3, 0.4) is 0 Å². The third-order valence-corrected chi connectivity index (χ3v) is 5.34. The number of carbonyl (C=O) groups is 3. The first-order chi connectivity index (χ1) is 14.5. The smallest absolute Gasteiger partial charge is 0.335 e. The van der Waals surface area contributed by atoms with Crippen molar-refractivity contribution < 1.29 is 14.4 Å². The largest absolute Gasteiger partial charge is 0.350 e. The van der Waals surface area contributed by atoms with Crippen LogP contribution in [0.4, 0.5) is 10.5 Å². The summed E-state index contributed by atoms with van der Waals surface area (Å²) in [7, 11) is 1.90. The molecule has 30 heavy (non-hydrogen) atoms. The van der Waals surface area contributed by atoms with Gasteiger partial charge >= 0.3 is 6.03 Å². The summed E-state index contributed by atoms with van der Waals surface area (Å²) >= 11 is 0. The summed E-state index contributed by atoms with van der Waals surface area (Å²) in [5.74, 6) is -1.34. The van der Waals surface area contributed by atoms with Crippen molar-refractivity contribution in [3.8, 4) is 0 Å². The Morgan fingerprint density at radius 2 is 1.53 bits per heavy atom. The van der Waals surface area contributed by atoms with Crippen molar-refractivity contribution >= 4 is 51.3 Å². The molecule has 1 aliphatic heterocycles. The number of hydrogen-bond donors (Lipinski definition) is 1. The molecule has 6 nitrogen and oxygen atoms in total. The van der Waals surface area contributed by atoms with Gasteiger partial charge in [0.2, 0.25) is 0 Å². The van der Waals surface area contributed by atoms with Gasteiger partial charge < -0.3 is 4.57 Å². The Balaban J connectivity index is 1.65. The number of fused-ring (bicyclic) bond motifs is 2. The molecule has 1 fully saturated rings. The van der Waals surface area contributed by atoms with E-state index < -0.39 is 17.8 Å². The predicted molar refractivity (Wildman–Crippen MR) is 116 cm³/mol. The van der Waals surface area contributed by atoms with E-state index >= 15 is 0 Å². The number of rotatable bonds is 2. The molecule has 6 heteroatoms. The third-order valence-electron chi connectivity index (χ3n) is 5.34. The average molecular weight is 395 g/mol. The molecule has 2 heterocycles. The number of carbonyl (C=O) groups excluding carboxylic acids is 3. The fraction of sp³-hybridized carbons (Fsp3) is 0.0417. The lowest BCUT2D eigenvalue weighted by molar-refractivity contribution is -0.122. The van der Waals surface area contributed by atoms with Gasteiger partial charge in [0.25, 0.3) is 11.8 Å². The van der Waals surface area contributed by atoms with E-state index in [-0.39, 0.29) is 5.57 Å². The minimum absolute atomic E-state index is 0.0844. The predicted octanol–water partition coefficient (Wildman–Crippen LogP) is 4.00. The molecule has 1 N–H and O–H groups in total. The van der Waals surface area contributed by atoms with Crippen LogP contribution in [-0.4, -0.2) is 22.4 Å². The molecule has 0 spiro atoms. The van der Waals surface area contributed by atoms with E-state index in [1.54, 1.807) is 18.2 Å². The molecule has 0 unspecified atom stereocenters. The maximum atomic E-state index is 13.3. The average Bonchev–Trinajstić information content (AvgIpc) is 3.07. The minimum atomic E-state index is -0.753. The molecule has 4 aromatic rings. The van der Waals surface area contributed by atoms with E-state index in [1.807, 2.05) is 72.4 Å². The molecule has 146 valence electrons. The summed E-state index contributed by atoms with van der Waals surface area (Å²) in [6, 6.07) is 19.8. The first-order valence-corrected chi connectivity index (χ1v) is 9.48. The van der Waals surface area contributed by atoms with E-state index in [1.165, 1.54) is 0 Å². The van der Waals surface area contributed by atoms with Crippen LogP contribution >= 0.6 is 0 Å². The first kappa shape index (κ1) is 17.9. The number of aromatic nitrogens is 1. The van der Waals surface area contributed by atoms with E-state index in [0.717, 1.165) is 32.1 Å². The fourth-order valence-corrected chi connectivity index (χ4v) is 3.92. The quantitative estimate of drug-likeness (QED) is 0.412. The minimum Gasteiger partial charge on any atom is -0.350 e. The Bertz CT molecular complexity index is 1390. The van der Waals surface area contributed by atoms with Crippen molar-refractivity contribution in [3.63, 3.8) is 0 Å². The van der Waals surface area contributed by atoms with Gasteiger partial charge in [-0.05, 0) is 23.6 Å². The Kier molecular flexibility index (Phi) is 3.99. The molecular weight excluding hydrogens is 378 g/mol. The SMILES string of the molecule is Cn1cc(/C=C2/C(=O)NC(=O)N(c3cccc4ccccc34)C2=O)c2ccccc21. The number of para-hydroxylation sites is 1. The van der Waals surface area contributed by atoms with Gasteiger partial charge in [-0.1, -0.05) is 54.6 Å². The highest BCUT2D eigenvalue weighted by Gasteiger charge is 2.37. The van der Waals surface area contributed by atoms with Crippen LogP contribution in [0.2, 0.25) is 0 Å². The molecular formula is C24H17N3O3. The summed E-state index contributed by atoms with van der Waals surface area (Å²) < 4.78 is 1.93. The van der Waals surface area contributed by atoms with E-state index in [9.17, 15) is 14.4 Å². The lowest BCUT2D eigenvalue weighted by atomic mass is 10.0. The normalized spacial score (nSPS) is 16.0. The third kappa shape index (κ3) is 2.69. The van der Waals surface area contributed by atoms with Crippen LogP contribution in [0.5, 0.6) is 0 Å². The zero-order valence-corrected chi connectivity index (χ0v) is 16.1. The van der Waals surface area contributed by atoms with Crippen LogP contribution in [0.25, 0.3) is 27.8 Å². The van der Waals surface area contributed by atoms with Crippen molar-refractivity contribution in [2.24, 2.45) is 7.05 Å². The molecule has 0 saturated carbocycles. The molecule has 5 rings (SSSR count). The molecule has 3 aromatic carbocycles. The van der Waals surface area contributed by atoms with Crippen molar-refractivity contribution in [3.05, 3.63) is 84.1 Å². The van der Waals surface area contributed by atoms with Crippen molar-refractivity contribution in [2.75, 3.05) is 4.90 Å². The first-order valence-electron chi connectivity index (χ1n) is 9.48. The zero-order valence-electron chi connectivity index (χ0n) is 16.1. The maximum absolute atomic E-state index is 13.3. The number of amides is 4. The number of benzene rings is 3. The van der Waals surface area contributed by atoms with Gasteiger partial charge in [-0.15, -0.1) is 0 Å². The summed E-state index contributed by atoms with van der Waals surface area (Å²) in [5.41, 5.74) is 2.07. The van der Waals surface area contributed by atoms with Gasteiger partial charge in [0.05, 0.1) is 5.69 Å². The van der Waals surface area contributed by atoms with Crippen molar-refractivity contribution in [1.82, 2.24) is 9.88 Å². The molecule has 0 aliphatic carbocycles. The highest BCUT2D eigenvalue weighted by atomic mass is 16.2.